The molecular formula is C44H66O8. The van der Waals surface area contributed by atoms with E-state index in [1.165, 1.54) is 0 Å². The fourth-order valence-electron chi connectivity index (χ4n) is 5.83. The maximum absolute atomic E-state index is 13.4. The van der Waals surface area contributed by atoms with Crippen molar-refractivity contribution in [1.82, 2.24) is 0 Å². The molecule has 0 N–H and O–H groups in total. The quantitative estimate of drug-likeness (QED) is 0.0510. The summed E-state index contributed by atoms with van der Waals surface area (Å²) >= 11 is 0. The third-order valence-corrected chi connectivity index (χ3v) is 9.03. The molecule has 0 aliphatic rings. The van der Waals surface area contributed by atoms with Crippen molar-refractivity contribution < 1.29 is 38.1 Å². The van der Waals surface area contributed by atoms with Crippen LogP contribution in [0.1, 0.15) is 186 Å². The standard InChI is InChI=1S/C44H66O8/c1-7-9-11-13-17-27-51-43(47)39-31-35(23-25-37(39)41(45)49-29-19-15-21-33(3)4)36-24-26-38(42(46)50-30-20-16-22-34(5)6)40(32-36)44(48)52-28-18-14-12-10-8-2/h23-26,31-34H,7-22,27-30H2,1-6H3. The van der Waals surface area contributed by atoms with E-state index in [4.69, 9.17) is 18.9 Å². The third kappa shape index (κ3) is 17.2. The zero-order valence-electron chi connectivity index (χ0n) is 33.0. The Morgan fingerprint density at radius 1 is 0.423 bits per heavy atom. The van der Waals surface area contributed by atoms with Gasteiger partial charge in [0.25, 0.3) is 0 Å². The first-order chi connectivity index (χ1) is 25.1. The summed E-state index contributed by atoms with van der Waals surface area (Å²) in [7, 11) is 0. The molecule has 290 valence electrons. The number of benzene rings is 2. The lowest BCUT2D eigenvalue weighted by atomic mass is 9.95. The molecule has 8 nitrogen and oxygen atoms in total. The van der Waals surface area contributed by atoms with Gasteiger partial charge in [-0.2, -0.15) is 0 Å². The first-order valence-corrected chi connectivity index (χ1v) is 20.1. The van der Waals surface area contributed by atoms with Gasteiger partial charge in [0.05, 0.1) is 48.7 Å². The van der Waals surface area contributed by atoms with Crippen LogP contribution in [-0.2, 0) is 18.9 Å². The number of hydrogen-bond donors (Lipinski definition) is 0. The van der Waals surface area contributed by atoms with Crippen molar-refractivity contribution in [2.45, 2.75) is 144 Å². The Morgan fingerprint density at radius 2 is 0.731 bits per heavy atom. The molecule has 2 aromatic rings. The first kappa shape index (κ1) is 44.5. The van der Waals surface area contributed by atoms with Crippen LogP contribution in [0.4, 0.5) is 0 Å². The Kier molecular flexibility index (Phi) is 22.4. The topological polar surface area (TPSA) is 105 Å². The second-order valence-electron chi connectivity index (χ2n) is 14.7. The van der Waals surface area contributed by atoms with E-state index in [9.17, 15) is 19.2 Å². The zero-order valence-corrected chi connectivity index (χ0v) is 33.0. The molecular weight excluding hydrogens is 656 g/mol. The summed E-state index contributed by atoms with van der Waals surface area (Å²) in [4.78, 5) is 53.3. The highest BCUT2D eigenvalue weighted by atomic mass is 16.5. The number of ether oxygens (including phenoxy) is 4. The van der Waals surface area contributed by atoms with Crippen LogP contribution in [0, 0.1) is 11.8 Å². The van der Waals surface area contributed by atoms with Crippen LogP contribution in [0.15, 0.2) is 36.4 Å². The Hall–Kier alpha value is -3.68. The minimum absolute atomic E-state index is 0.0966. The number of carbonyl (C=O) groups excluding carboxylic acids is 4. The summed E-state index contributed by atoms with van der Waals surface area (Å²) in [5, 5.41) is 0. The molecule has 8 heteroatoms. The van der Waals surface area contributed by atoms with Gasteiger partial charge in [0.15, 0.2) is 0 Å². The Balaban J connectivity index is 2.37. The van der Waals surface area contributed by atoms with E-state index in [1.54, 1.807) is 36.4 Å². The fraction of sp³-hybridized carbons (Fsp3) is 0.636. The SMILES string of the molecule is CCCCCCCOC(=O)c1cc(-c2ccc(C(=O)OCCCCC(C)C)c(C(=O)OCCCCCCC)c2)ccc1C(=O)OCCCCC(C)C. The highest BCUT2D eigenvalue weighted by Crippen LogP contribution is 2.28. The monoisotopic (exact) mass is 722 g/mol. The number of hydrogen-bond acceptors (Lipinski definition) is 8. The summed E-state index contributed by atoms with van der Waals surface area (Å²) in [5.74, 6) is -1.23. The molecule has 52 heavy (non-hydrogen) atoms. The van der Waals surface area contributed by atoms with Crippen molar-refractivity contribution in [2.75, 3.05) is 26.4 Å². The predicted molar refractivity (Wildman–Crippen MR) is 208 cm³/mol. The van der Waals surface area contributed by atoms with E-state index in [0.717, 1.165) is 103 Å². The number of esters is 4. The Bertz CT molecular complexity index is 1260. The van der Waals surface area contributed by atoms with Gasteiger partial charge in [0.1, 0.15) is 0 Å². The van der Waals surface area contributed by atoms with Crippen LogP contribution in [0.3, 0.4) is 0 Å². The second-order valence-corrected chi connectivity index (χ2v) is 14.7. The fourth-order valence-corrected chi connectivity index (χ4v) is 5.83. The summed E-state index contributed by atoms with van der Waals surface area (Å²) in [5.41, 5.74) is 1.60. The molecule has 0 aromatic heterocycles. The lowest BCUT2D eigenvalue weighted by molar-refractivity contribution is 0.0450. The first-order valence-electron chi connectivity index (χ1n) is 20.1. The van der Waals surface area contributed by atoms with Gasteiger partial charge in [-0.05, 0) is 85.8 Å². The number of rotatable bonds is 27. The van der Waals surface area contributed by atoms with Gasteiger partial charge in [-0.15, -0.1) is 0 Å². The van der Waals surface area contributed by atoms with Gasteiger partial charge in [-0.25, -0.2) is 19.2 Å². The van der Waals surface area contributed by atoms with Gasteiger partial charge in [-0.3, -0.25) is 0 Å². The van der Waals surface area contributed by atoms with Crippen LogP contribution in [0.5, 0.6) is 0 Å². The van der Waals surface area contributed by atoms with Crippen molar-refractivity contribution in [3.63, 3.8) is 0 Å². The van der Waals surface area contributed by atoms with Gasteiger partial charge < -0.3 is 18.9 Å². The molecule has 2 rings (SSSR count). The van der Waals surface area contributed by atoms with Crippen molar-refractivity contribution in [2.24, 2.45) is 11.8 Å². The highest BCUT2D eigenvalue weighted by Gasteiger charge is 2.24. The minimum atomic E-state index is -0.607. The molecule has 0 amide bonds. The van der Waals surface area contributed by atoms with Crippen LogP contribution in [-0.4, -0.2) is 50.3 Å². The Morgan fingerprint density at radius 3 is 1.06 bits per heavy atom. The summed E-state index contributed by atoms with van der Waals surface area (Å²) in [6, 6.07) is 9.75. The van der Waals surface area contributed by atoms with Gasteiger partial charge in [0, 0.05) is 0 Å². The van der Waals surface area contributed by atoms with Crippen LogP contribution in [0.25, 0.3) is 11.1 Å². The molecule has 0 heterocycles. The number of carbonyl (C=O) groups is 4. The maximum Gasteiger partial charge on any atom is 0.339 e. The molecule has 2 aromatic carbocycles. The highest BCUT2D eigenvalue weighted by molar-refractivity contribution is 6.06. The molecule has 0 bridgehead atoms. The third-order valence-electron chi connectivity index (χ3n) is 9.03. The van der Waals surface area contributed by atoms with E-state index in [-0.39, 0.29) is 48.7 Å². The number of unbranched alkanes of at least 4 members (excludes halogenated alkanes) is 10. The minimum Gasteiger partial charge on any atom is -0.462 e. The average Bonchev–Trinajstić information content (AvgIpc) is 3.13. The molecule has 0 fully saturated rings. The molecule has 0 radical (unpaired) electrons. The van der Waals surface area contributed by atoms with E-state index >= 15 is 0 Å². The predicted octanol–water partition coefficient (Wildman–Crippen LogP) is 11.6. The smallest absolute Gasteiger partial charge is 0.339 e. The Labute approximate surface area is 313 Å². The lowest BCUT2D eigenvalue weighted by Gasteiger charge is -2.14. The van der Waals surface area contributed by atoms with Gasteiger partial charge in [-0.1, -0.05) is 118 Å². The summed E-state index contributed by atoms with van der Waals surface area (Å²) in [6.45, 7) is 14.0. The molecule has 0 spiro atoms. The zero-order chi connectivity index (χ0) is 38.1. The van der Waals surface area contributed by atoms with E-state index in [2.05, 4.69) is 41.5 Å². The molecule has 0 saturated carbocycles. The van der Waals surface area contributed by atoms with Crippen molar-refractivity contribution >= 4 is 23.9 Å². The van der Waals surface area contributed by atoms with Crippen molar-refractivity contribution in [1.29, 1.82) is 0 Å². The summed E-state index contributed by atoms with van der Waals surface area (Å²) < 4.78 is 22.4. The normalized spacial score (nSPS) is 11.2. The van der Waals surface area contributed by atoms with Crippen molar-refractivity contribution in [3.05, 3.63) is 58.7 Å². The average molecular weight is 723 g/mol. The summed E-state index contributed by atoms with van der Waals surface area (Å²) in [6.07, 6.45) is 15.5. The van der Waals surface area contributed by atoms with E-state index in [1.807, 2.05) is 0 Å². The van der Waals surface area contributed by atoms with Gasteiger partial charge in [0.2, 0.25) is 0 Å². The van der Waals surface area contributed by atoms with Crippen LogP contribution in [0.2, 0.25) is 0 Å². The molecule has 0 atom stereocenters. The molecule has 0 aliphatic carbocycles. The van der Waals surface area contributed by atoms with E-state index < -0.39 is 23.9 Å². The van der Waals surface area contributed by atoms with E-state index in [0.29, 0.717) is 23.0 Å². The van der Waals surface area contributed by atoms with Crippen LogP contribution < -0.4 is 0 Å². The molecule has 0 saturated heterocycles. The molecule has 0 unspecified atom stereocenters. The lowest BCUT2D eigenvalue weighted by Crippen LogP contribution is -2.16. The molecule has 0 aliphatic heterocycles. The largest absolute Gasteiger partial charge is 0.462 e. The van der Waals surface area contributed by atoms with Gasteiger partial charge >= 0.3 is 23.9 Å². The second kappa shape index (κ2) is 26.1. The van der Waals surface area contributed by atoms with Crippen LogP contribution >= 0.6 is 0 Å². The van der Waals surface area contributed by atoms with Crippen molar-refractivity contribution in [3.8, 4) is 11.1 Å². The maximum atomic E-state index is 13.4.